The number of amides is 2. The van der Waals surface area contributed by atoms with Crippen molar-refractivity contribution >= 4 is 40.2 Å². The molecular formula is C5H6N4O3S2. The molecule has 1 heterocycles. The normalized spacial score (nSPS) is 9.71. The standard InChI is InChI=1S/C5H6N4O3S2/c6-3(12)7-4-8-9-5(14-4)13-1-2(10)11/h1H2,(H,10,11)(H3,6,7,8,12). The first-order valence-electron chi connectivity index (χ1n) is 3.32. The van der Waals surface area contributed by atoms with Crippen LogP contribution in [0, 0.1) is 0 Å². The van der Waals surface area contributed by atoms with Crippen molar-refractivity contribution in [3.05, 3.63) is 0 Å². The summed E-state index contributed by atoms with van der Waals surface area (Å²) in [6, 6.07) is -0.726. The van der Waals surface area contributed by atoms with Gasteiger partial charge in [0.1, 0.15) is 0 Å². The van der Waals surface area contributed by atoms with Gasteiger partial charge in [0, 0.05) is 0 Å². The van der Waals surface area contributed by atoms with E-state index in [9.17, 15) is 9.59 Å². The number of aliphatic carboxylic acids is 1. The number of hydrogen-bond donors (Lipinski definition) is 3. The second-order valence-corrected chi connectivity index (χ2v) is 4.24. The molecule has 0 atom stereocenters. The highest BCUT2D eigenvalue weighted by atomic mass is 32.2. The Hall–Kier alpha value is -1.35. The van der Waals surface area contributed by atoms with Crippen LogP contribution in [0.2, 0.25) is 0 Å². The lowest BCUT2D eigenvalue weighted by molar-refractivity contribution is -0.133. The maximum atomic E-state index is 10.4. The number of nitrogens with zero attached hydrogens (tertiary/aromatic N) is 2. The molecule has 0 unspecified atom stereocenters. The number of rotatable bonds is 4. The van der Waals surface area contributed by atoms with Gasteiger partial charge in [-0.2, -0.15) is 0 Å². The van der Waals surface area contributed by atoms with Crippen LogP contribution in [0.4, 0.5) is 9.93 Å². The third kappa shape index (κ3) is 3.58. The van der Waals surface area contributed by atoms with E-state index in [2.05, 4.69) is 15.5 Å². The van der Waals surface area contributed by atoms with E-state index in [1.165, 1.54) is 0 Å². The van der Waals surface area contributed by atoms with Gasteiger partial charge in [-0.05, 0) is 0 Å². The largest absolute Gasteiger partial charge is 0.481 e. The van der Waals surface area contributed by atoms with Gasteiger partial charge in [0.15, 0.2) is 4.34 Å². The third-order valence-corrected chi connectivity index (χ3v) is 2.91. The Morgan fingerprint density at radius 1 is 1.57 bits per heavy atom. The van der Waals surface area contributed by atoms with Crippen LogP contribution in [0.3, 0.4) is 0 Å². The Morgan fingerprint density at radius 3 is 2.86 bits per heavy atom. The number of carbonyl (C=O) groups excluding carboxylic acids is 1. The maximum absolute atomic E-state index is 10.4. The van der Waals surface area contributed by atoms with Crippen LogP contribution in [0.5, 0.6) is 0 Å². The van der Waals surface area contributed by atoms with Crippen molar-refractivity contribution in [3.63, 3.8) is 0 Å². The summed E-state index contributed by atoms with van der Waals surface area (Å²) < 4.78 is 0.469. The molecule has 0 aliphatic rings. The first kappa shape index (κ1) is 10.7. The predicted molar refractivity (Wildman–Crippen MR) is 51.5 cm³/mol. The molecule has 0 bridgehead atoms. The van der Waals surface area contributed by atoms with E-state index < -0.39 is 12.0 Å². The molecule has 0 saturated heterocycles. The van der Waals surface area contributed by atoms with E-state index in [4.69, 9.17) is 10.8 Å². The van der Waals surface area contributed by atoms with Crippen molar-refractivity contribution in [1.82, 2.24) is 10.2 Å². The number of anilines is 1. The van der Waals surface area contributed by atoms with E-state index in [0.29, 0.717) is 4.34 Å². The summed E-state index contributed by atoms with van der Waals surface area (Å²) in [5.74, 6) is -1.03. The van der Waals surface area contributed by atoms with Crippen LogP contribution < -0.4 is 11.1 Å². The molecule has 1 rings (SSSR count). The van der Waals surface area contributed by atoms with Crippen LogP contribution in [-0.4, -0.2) is 33.1 Å². The fourth-order valence-electron chi connectivity index (χ4n) is 0.547. The van der Waals surface area contributed by atoms with Crippen molar-refractivity contribution in [2.75, 3.05) is 11.1 Å². The number of nitrogens with one attached hydrogen (secondary N) is 1. The molecule has 1 aromatic heterocycles. The minimum Gasteiger partial charge on any atom is -0.481 e. The summed E-state index contributed by atoms with van der Waals surface area (Å²) in [7, 11) is 0. The van der Waals surface area contributed by atoms with E-state index in [1.807, 2.05) is 0 Å². The molecule has 76 valence electrons. The maximum Gasteiger partial charge on any atom is 0.318 e. The summed E-state index contributed by atoms with van der Waals surface area (Å²) in [4.78, 5) is 20.6. The van der Waals surface area contributed by atoms with Gasteiger partial charge in [0.25, 0.3) is 0 Å². The van der Waals surface area contributed by atoms with Gasteiger partial charge in [0.05, 0.1) is 5.75 Å². The second-order valence-electron chi connectivity index (χ2n) is 2.04. The SMILES string of the molecule is NC(=O)Nc1nnc(SCC(=O)O)s1. The van der Waals surface area contributed by atoms with Gasteiger partial charge in [-0.15, -0.1) is 10.2 Å². The van der Waals surface area contributed by atoms with E-state index in [0.717, 1.165) is 23.1 Å². The molecule has 0 aliphatic heterocycles. The van der Waals surface area contributed by atoms with Crippen molar-refractivity contribution in [2.24, 2.45) is 5.73 Å². The molecule has 0 fully saturated rings. The summed E-state index contributed by atoms with van der Waals surface area (Å²) in [5, 5.41) is 18.1. The van der Waals surface area contributed by atoms with E-state index in [1.54, 1.807) is 0 Å². The highest BCUT2D eigenvalue weighted by Crippen LogP contribution is 2.24. The molecule has 0 aromatic carbocycles. The fourth-order valence-corrected chi connectivity index (χ4v) is 2.02. The fraction of sp³-hybridized carbons (Fsp3) is 0.200. The average molecular weight is 234 g/mol. The quantitative estimate of drug-likeness (QED) is 0.506. The molecule has 4 N–H and O–H groups in total. The molecule has 14 heavy (non-hydrogen) atoms. The number of carbonyl (C=O) groups is 2. The highest BCUT2D eigenvalue weighted by molar-refractivity contribution is 8.01. The summed E-state index contributed by atoms with van der Waals surface area (Å²) in [6.07, 6.45) is 0. The molecule has 9 heteroatoms. The molecule has 7 nitrogen and oxygen atoms in total. The van der Waals surface area contributed by atoms with E-state index in [-0.39, 0.29) is 10.9 Å². The number of primary amides is 1. The van der Waals surface area contributed by atoms with Gasteiger partial charge < -0.3 is 10.8 Å². The zero-order valence-electron chi connectivity index (χ0n) is 6.76. The Bertz CT molecular complexity index is 353. The molecule has 0 saturated carbocycles. The molecule has 0 aliphatic carbocycles. The highest BCUT2D eigenvalue weighted by Gasteiger charge is 2.07. The van der Waals surface area contributed by atoms with Crippen LogP contribution in [0.1, 0.15) is 0 Å². The summed E-state index contributed by atoms with van der Waals surface area (Å²) >= 11 is 2.10. The lowest BCUT2D eigenvalue weighted by atomic mass is 10.8. The third-order valence-electron chi connectivity index (χ3n) is 0.956. The Morgan fingerprint density at radius 2 is 2.29 bits per heavy atom. The molecule has 1 aromatic rings. The first-order chi connectivity index (χ1) is 6.58. The molecule has 2 amide bonds. The van der Waals surface area contributed by atoms with Crippen molar-refractivity contribution < 1.29 is 14.7 Å². The van der Waals surface area contributed by atoms with Gasteiger partial charge in [0.2, 0.25) is 5.13 Å². The molecule has 0 radical (unpaired) electrons. The smallest absolute Gasteiger partial charge is 0.318 e. The van der Waals surface area contributed by atoms with E-state index >= 15 is 0 Å². The Kier molecular flexibility index (Phi) is 3.65. The number of carboxylic acid groups (broad SMARTS) is 1. The zero-order valence-corrected chi connectivity index (χ0v) is 8.39. The minimum atomic E-state index is -0.936. The van der Waals surface area contributed by atoms with Gasteiger partial charge in [-0.25, -0.2) is 4.79 Å². The number of hydrogen-bond acceptors (Lipinski definition) is 6. The van der Waals surface area contributed by atoms with Crippen LogP contribution in [-0.2, 0) is 4.79 Å². The number of aromatic nitrogens is 2. The van der Waals surface area contributed by atoms with Crippen molar-refractivity contribution in [2.45, 2.75) is 4.34 Å². The number of carboxylic acids is 1. The predicted octanol–water partition coefficient (Wildman–Crippen LogP) is 0.205. The zero-order chi connectivity index (χ0) is 10.6. The summed E-state index contributed by atoms with van der Waals surface area (Å²) in [5.41, 5.74) is 4.84. The van der Waals surface area contributed by atoms with Gasteiger partial charge in [-0.1, -0.05) is 23.1 Å². The second kappa shape index (κ2) is 4.77. The number of nitrogens with two attached hydrogens (primary N) is 1. The minimum absolute atomic E-state index is 0.0921. The van der Waals surface area contributed by atoms with Crippen LogP contribution >= 0.6 is 23.1 Å². The lowest BCUT2D eigenvalue weighted by Crippen LogP contribution is -2.18. The van der Waals surface area contributed by atoms with Crippen LogP contribution in [0.25, 0.3) is 0 Å². The van der Waals surface area contributed by atoms with Crippen LogP contribution in [0.15, 0.2) is 4.34 Å². The van der Waals surface area contributed by atoms with Crippen molar-refractivity contribution in [1.29, 1.82) is 0 Å². The molecule has 0 spiro atoms. The van der Waals surface area contributed by atoms with Gasteiger partial charge in [-0.3, -0.25) is 10.1 Å². The molecular weight excluding hydrogens is 228 g/mol. The van der Waals surface area contributed by atoms with Crippen molar-refractivity contribution in [3.8, 4) is 0 Å². The average Bonchev–Trinajstić information content (AvgIpc) is 2.47. The Balaban J connectivity index is 2.50. The van der Waals surface area contributed by atoms with Gasteiger partial charge >= 0.3 is 12.0 Å². The number of urea groups is 1. The lowest BCUT2D eigenvalue weighted by Gasteiger charge is -1.90. The Labute approximate surface area is 86.7 Å². The monoisotopic (exact) mass is 234 g/mol. The topological polar surface area (TPSA) is 118 Å². The number of thioether (sulfide) groups is 1. The summed E-state index contributed by atoms with van der Waals surface area (Å²) in [6.45, 7) is 0. The first-order valence-corrected chi connectivity index (χ1v) is 5.12.